The monoisotopic (exact) mass is 265 g/mol. The zero-order valence-corrected chi connectivity index (χ0v) is 10.7. The minimum atomic E-state index is -0.379. The number of nitrogens with two attached hydrogens (primary N) is 1. The van der Waals surface area contributed by atoms with E-state index in [9.17, 15) is 4.39 Å². The summed E-state index contributed by atoms with van der Waals surface area (Å²) in [4.78, 5) is 8.52. The van der Waals surface area contributed by atoms with Crippen molar-refractivity contribution in [3.63, 3.8) is 0 Å². The molecule has 0 fully saturated rings. The summed E-state index contributed by atoms with van der Waals surface area (Å²) < 4.78 is 13.0. The Hall–Kier alpha value is -1.52. The van der Waals surface area contributed by atoms with Crippen LogP contribution >= 0.6 is 11.6 Å². The summed E-state index contributed by atoms with van der Waals surface area (Å²) in [7, 11) is 0. The molecule has 0 spiro atoms. The van der Waals surface area contributed by atoms with Crippen LogP contribution in [-0.2, 0) is 6.42 Å². The molecule has 2 rings (SSSR count). The first-order valence-corrected chi connectivity index (χ1v) is 5.97. The molecule has 1 heterocycles. The standard InChI is InChI=1S/C13H13ClFN3/c1-8(16)6-10-4-5-17-13(18-10)11-3-2-9(15)7-12(11)14/h2-5,7-8H,6,16H2,1H3. The fourth-order valence-electron chi connectivity index (χ4n) is 1.64. The second kappa shape index (κ2) is 5.42. The van der Waals surface area contributed by atoms with E-state index in [1.54, 1.807) is 12.3 Å². The summed E-state index contributed by atoms with van der Waals surface area (Å²) >= 11 is 5.98. The molecule has 2 N–H and O–H groups in total. The number of aromatic nitrogens is 2. The van der Waals surface area contributed by atoms with Crippen molar-refractivity contribution in [2.24, 2.45) is 5.73 Å². The Morgan fingerprint density at radius 2 is 2.17 bits per heavy atom. The van der Waals surface area contributed by atoms with Gasteiger partial charge in [0.05, 0.1) is 5.02 Å². The summed E-state index contributed by atoms with van der Waals surface area (Å²) in [6.07, 6.45) is 2.31. The minimum absolute atomic E-state index is 0.0245. The lowest BCUT2D eigenvalue weighted by atomic mass is 10.1. The molecule has 3 nitrogen and oxygen atoms in total. The Labute approximate surface area is 110 Å². The highest BCUT2D eigenvalue weighted by Gasteiger charge is 2.09. The van der Waals surface area contributed by atoms with E-state index in [-0.39, 0.29) is 11.9 Å². The molecular weight excluding hydrogens is 253 g/mol. The van der Waals surface area contributed by atoms with Gasteiger partial charge in [-0.25, -0.2) is 14.4 Å². The normalized spacial score (nSPS) is 12.4. The molecule has 0 aliphatic rings. The number of nitrogens with zero attached hydrogens (tertiary/aromatic N) is 2. The van der Waals surface area contributed by atoms with E-state index in [1.807, 2.05) is 13.0 Å². The van der Waals surface area contributed by atoms with Crippen molar-refractivity contribution in [1.82, 2.24) is 9.97 Å². The number of hydrogen-bond acceptors (Lipinski definition) is 3. The molecule has 1 aromatic heterocycles. The van der Waals surface area contributed by atoms with Crippen LogP contribution in [0.1, 0.15) is 12.6 Å². The second-order valence-electron chi connectivity index (χ2n) is 4.18. The second-order valence-corrected chi connectivity index (χ2v) is 4.58. The van der Waals surface area contributed by atoms with Gasteiger partial charge >= 0.3 is 0 Å². The van der Waals surface area contributed by atoms with E-state index in [2.05, 4.69) is 9.97 Å². The van der Waals surface area contributed by atoms with Crippen LogP contribution in [0.15, 0.2) is 30.5 Å². The van der Waals surface area contributed by atoms with E-state index in [4.69, 9.17) is 17.3 Å². The Morgan fingerprint density at radius 1 is 1.39 bits per heavy atom. The van der Waals surface area contributed by atoms with Gasteiger partial charge in [0.2, 0.25) is 0 Å². The van der Waals surface area contributed by atoms with Crippen LogP contribution in [0.25, 0.3) is 11.4 Å². The van der Waals surface area contributed by atoms with Crippen molar-refractivity contribution in [1.29, 1.82) is 0 Å². The first-order chi connectivity index (χ1) is 8.56. The molecule has 0 bridgehead atoms. The highest BCUT2D eigenvalue weighted by atomic mass is 35.5. The van der Waals surface area contributed by atoms with Crippen LogP contribution in [0.3, 0.4) is 0 Å². The maximum atomic E-state index is 13.0. The van der Waals surface area contributed by atoms with Crippen molar-refractivity contribution in [2.75, 3.05) is 0 Å². The first-order valence-electron chi connectivity index (χ1n) is 5.59. The molecule has 5 heteroatoms. The third-order valence-electron chi connectivity index (χ3n) is 2.42. The molecule has 94 valence electrons. The molecule has 1 aromatic carbocycles. The van der Waals surface area contributed by atoms with Gasteiger partial charge in [-0.2, -0.15) is 0 Å². The Morgan fingerprint density at radius 3 is 2.83 bits per heavy atom. The van der Waals surface area contributed by atoms with Crippen LogP contribution in [-0.4, -0.2) is 16.0 Å². The average Bonchev–Trinajstić information content (AvgIpc) is 2.28. The van der Waals surface area contributed by atoms with E-state index in [0.717, 1.165) is 5.69 Å². The zero-order chi connectivity index (χ0) is 13.1. The Kier molecular flexibility index (Phi) is 3.89. The fraction of sp³-hybridized carbons (Fsp3) is 0.231. The Balaban J connectivity index is 2.38. The lowest BCUT2D eigenvalue weighted by molar-refractivity contribution is 0.628. The molecule has 1 unspecified atom stereocenters. The van der Waals surface area contributed by atoms with Crippen molar-refractivity contribution in [3.05, 3.63) is 47.0 Å². The molecule has 0 radical (unpaired) electrons. The molecular formula is C13H13ClFN3. The molecule has 0 saturated heterocycles. The lowest BCUT2D eigenvalue weighted by Crippen LogP contribution is -2.18. The summed E-state index contributed by atoms with van der Waals surface area (Å²) in [6.45, 7) is 1.91. The molecule has 0 aliphatic carbocycles. The van der Waals surface area contributed by atoms with Crippen molar-refractivity contribution >= 4 is 11.6 Å². The molecule has 2 aromatic rings. The SMILES string of the molecule is CC(N)Cc1ccnc(-c2ccc(F)cc2Cl)n1. The van der Waals surface area contributed by atoms with Crippen molar-refractivity contribution in [2.45, 2.75) is 19.4 Å². The summed E-state index contributed by atoms with van der Waals surface area (Å²) in [5.41, 5.74) is 7.19. The van der Waals surface area contributed by atoms with Gasteiger partial charge in [-0.1, -0.05) is 11.6 Å². The molecule has 0 amide bonds. The summed E-state index contributed by atoms with van der Waals surface area (Å²) in [5.74, 6) is 0.105. The zero-order valence-electron chi connectivity index (χ0n) is 9.90. The largest absolute Gasteiger partial charge is 0.328 e. The lowest BCUT2D eigenvalue weighted by Gasteiger charge is -2.07. The number of halogens is 2. The highest BCUT2D eigenvalue weighted by molar-refractivity contribution is 6.33. The van der Waals surface area contributed by atoms with Gasteiger partial charge in [0.15, 0.2) is 5.82 Å². The number of benzene rings is 1. The predicted molar refractivity (Wildman–Crippen MR) is 69.8 cm³/mol. The van der Waals surface area contributed by atoms with Crippen molar-refractivity contribution in [3.8, 4) is 11.4 Å². The van der Waals surface area contributed by atoms with Crippen LogP contribution in [0.5, 0.6) is 0 Å². The van der Waals surface area contributed by atoms with Gasteiger partial charge in [-0.15, -0.1) is 0 Å². The summed E-state index contributed by atoms with van der Waals surface area (Å²) in [6, 6.07) is 5.99. The van der Waals surface area contributed by atoms with Gasteiger partial charge in [-0.05, 0) is 31.2 Å². The van der Waals surface area contributed by atoms with E-state index >= 15 is 0 Å². The number of hydrogen-bond donors (Lipinski definition) is 1. The highest BCUT2D eigenvalue weighted by Crippen LogP contribution is 2.25. The maximum Gasteiger partial charge on any atom is 0.160 e. The van der Waals surface area contributed by atoms with Crippen LogP contribution < -0.4 is 5.73 Å². The third-order valence-corrected chi connectivity index (χ3v) is 2.73. The molecule has 0 saturated carbocycles. The third kappa shape index (κ3) is 3.03. The average molecular weight is 266 g/mol. The molecule has 1 atom stereocenters. The molecule has 18 heavy (non-hydrogen) atoms. The quantitative estimate of drug-likeness (QED) is 0.928. The van der Waals surface area contributed by atoms with Gasteiger partial charge in [0.25, 0.3) is 0 Å². The van der Waals surface area contributed by atoms with Crippen LogP contribution in [0.2, 0.25) is 5.02 Å². The predicted octanol–water partition coefficient (Wildman–Crippen LogP) is 2.83. The van der Waals surface area contributed by atoms with E-state index in [1.165, 1.54) is 12.1 Å². The number of rotatable bonds is 3. The smallest absolute Gasteiger partial charge is 0.160 e. The topological polar surface area (TPSA) is 51.8 Å². The van der Waals surface area contributed by atoms with Gasteiger partial charge < -0.3 is 5.73 Å². The fourth-order valence-corrected chi connectivity index (χ4v) is 1.89. The summed E-state index contributed by atoms with van der Waals surface area (Å²) in [5, 5.41) is 0.299. The Bertz CT molecular complexity index is 558. The van der Waals surface area contributed by atoms with E-state index < -0.39 is 0 Å². The van der Waals surface area contributed by atoms with E-state index in [0.29, 0.717) is 22.8 Å². The van der Waals surface area contributed by atoms with Gasteiger partial charge in [0.1, 0.15) is 5.82 Å². The minimum Gasteiger partial charge on any atom is -0.328 e. The van der Waals surface area contributed by atoms with Crippen LogP contribution in [0, 0.1) is 5.82 Å². The van der Waals surface area contributed by atoms with Crippen LogP contribution in [0.4, 0.5) is 4.39 Å². The van der Waals surface area contributed by atoms with Gasteiger partial charge in [0, 0.05) is 29.9 Å². The molecule has 0 aliphatic heterocycles. The first kappa shape index (κ1) is 12.9. The van der Waals surface area contributed by atoms with Crippen molar-refractivity contribution < 1.29 is 4.39 Å². The van der Waals surface area contributed by atoms with Gasteiger partial charge in [-0.3, -0.25) is 0 Å². The maximum absolute atomic E-state index is 13.0.